The van der Waals surface area contributed by atoms with E-state index in [1.54, 1.807) is 0 Å². The van der Waals surface area contributed by atoms with Crippen molar-refractivity contribution in [1.29, 1.82) is 0 Å². The van der Waals surface area contributed by atoms with E-state index >= 15 is 0 Å². The van der Waals surface area contributed by atoms with Gasteiger partial charge in [-0.05, 0) is 44.9 Å². The average Bonchev–Trinajstić information content (AvgIpc) is 3.34. The summed E-state index contributed by atoms with van der Waals surface area (Å²) in [5.74, 6) is -0.702. The van der Waals surface area contributed by atoms with Crippen LogP contribution in [0.1, 0.15) is 37.0 Å². The lowest BCUT2D eigenvalue weighted by molar-refractivity contribution is -0.120. The van der Waals surface area contributed by atoms with Crippen molar-refractivity contribution in [2.75, 3.05) is 13.7 Å². The Morgan fingerprint density at radius 1 is 1.28 bits per heavy atom. The first-order chi connectivity index (χ1) is 11.7. The number of nitrogens with one attached hydrogen (secondary N) is 3. The van der Waals surface area contributed by atoms with Gasteiger partial charge in [0.25, 0.3) is 5.91 Å². The van der Waals surface area contributed by atoms with Gasteiger partial charge >= 0.3 is 0 Å². The summed E-state index contributed by atoms with van der Waals surface area (Å²) in [6, 6.07) is 4.02. The van der Waals surface area contributed by atoms with Gasteiger partial charge in [-0.25, -0.2) is 13.1 Å². The van der Waals surface area contributed by atoms with E-state index in [9.17, 15) is 18.0 Å². The SMILES string of the molecule is COc1ccc(C(=O)NCC(=O)NC(C)C)cc1S(=O)(=O)NC1CC1. The van der Waals surface area contributed by atoms with Gasteiger partial charge < -0.3 is 15.4 Å². The summed E-state index contributed by atoms with van der Waals surface area (Å²) >= 11 is 0. The van der Waals surface area contributed by atoms with Gasteiger partial charge in [0.05, 0.1) is 13.7 Å². The number of sulfonamides is 1. The minimum absolute atomic E-state index is 0.0318. The van der Waals surface area contributed by atoms with Crippen LogP contribution in [0.5, 0.6) is 5.75 Å². The molecule has 0 unspecified atom stereocenters. The number of carbonyl (C=O) groups excluding carboxylic acids is 2. The highest BCUT2D eigenvalue weighted by Crippen LogP contribution is 2.28. The van der Waals surface area contributed by atoms with Crippen molar-refractivity contribution >= 4 is 21.8 Å². The van der Waals surface area contributed by atoms with Crippen LogP contribution in [-0.2, 0) is 14.8 Å². The van der Waals surface area contributed by atoms with E-state index in [0.717, 1.165) is 12.8 Å². The molecule has 0 heterocycles. The van der Waals surface area contributed by atoms with Crippen LogP contribution in [0.25, 0.3) is 0 Å². The Balaban J connectivity index is 2.14. The van der Waals surface area contributed by atoms with Crippen LogP contribution in [0.4, 0.5) is 0 Å². The second kappa shape index (κ2) is 7.83. The third-order valence-corrected chi connectivity index (χ3v) is 5.02. The predicted molar refractivity (Wildman–Crippen MR) is 91.9 cm³/mol. The molecule has 1 aliphatic carbocycles. The Morgan fingerprint density at radius 3 is 2.52 bits per heavy atom. The fraction of sp³-hybridized carbons (Fsp3) is 0.500. The van der Waals surface area contributed by atoms with Crippen molar-refractivity contribution in [1.82, 2.24) is 15.4 Å². The van der Waals surface area contributed by atoms with Crippen molar-refractivity contribution in [2.45, 2.75) is 43.7 Å². The molecule has 1 aromatic rings. The Bertz CT molecular complexity index is 757. The van der Waals surface area contributed by atoms with E-state index in [0.29, 0.717) is 0 Å². The minimum Gasteiger partial charge on any atom is -0.495 e. The summed E-state index contributed by atoms with van der Waals surface area (Å²) in [5, 5.41) is 5.12. The molecule has 1 saturated carbocycles. The smallest absolute Gasteiger partial charge is 0.251 e. The van der Waals surface area contributed by atoms with Gasteiger partial charge in [-0.3, -0.25) is 9.59 Å². The Morgan fingerprint density at radius 2 is 1.96 bits per heavy atom. The molecule has 0 saturated heterocycles. The summed E-state index contributed by atoms with van der Waals surface area (Å²) in [7, 11) is -2.41. The zero-order valence-electron chi connectivity index (χ0n) is 14.5. The maximum Gasteiger partial charge on any atom is 0.251 e. The molecule has 9 heteroatoms. The molecule has 2 amide bonds. The molecule has 3 N–H and O–H groups in total. The number of ether oxygens (including phenoxy) is 1. The van der Waals surface area contributed by atoms with Gasteiger partial charge in [-0.1, -0.05) is 0 Å². The third kappa shape index (κ3) is 5.43. The maximum absolute atomic E-state index is 12.4. The second-order valence-electron chi connectivity index (χ2n) is 6.17. The molecule has 25 heavy (non-hydrogen) atoms. The first-order valence-electron chi connectivity index (χ1n) is 8.01. The van der Waals surface area contributed by atoms with E-state index < -0.39 is 15.9 Å². The van der Waals surface area contributed by atoms with Crippen molar-refractivity contribution in [3.05, 3.63) is 23.8 Å². The predicted octanol–water partition coefficient (Wildman–Crippen LogP) is 0.390. The quantitative estimate of drug-likeness (QED) is 0.613. The van der Waals surface area contributed by atoms with Crippen LogP contribution < -0.4 is 20.1 Å². The number of carbonyl (C=O) groups is 2. The molecule has 138 valence electrons. The van der Waals surface area contributed by atoms with Gasteiger partial charge in [0.15, 0.2) is 0 Å². The molecule has 0 aliphatic heterocycles. The van der Waals surface area contributed by atoms with Gasteiger partial charge in [-0.15, -0.1) is 0 Å². The molecule has 2 rings (SSSR count). The number of amides is 2. The Hall–Kier alpha value is -2.13. The normalized spacial score (nSPS) is 14.2. The highest BCUT2D eigenvalue weighted by atomic mass is 32.2. The summed E-state index contributed by atoms with van der Waals surface area (Å²) in [6.45, 7) is 3.44. The molecule has 0 bridgehead atoms. The number of hydrogen-bond acceptors (Lipinski definition) is 5. The molecule has 1 aromatic carbocycles. The first kappa shape index (κ1) is 19.2. The number of rotatable bonds is 8. The maximum atomic E-state index is 12.4. The molecular weight excluding hydrogens is 346 g/mol. The zero-order chi connectivity index (χ0) is 18.6. The first-order valence-corrected chi connectivity index (χ1v) is 9.49. The summed E-state index contributed by atoms with van der Waals surface area (Å²) in [4.78, 5) is 23.7. The molecule has 0 aromatic heterocycles. The monoisotopic (exact) mass is 369 g/mol. The molecule has 1 fully saturated rings. The highest BCUT2D eigenvalue weighted by molar-refractivity contribution is 7.89. The standard InChI is InChI=1S/C16H23N3O5S/c1-10(2)18-15(20)9-17-16(21)11-4-7-13(24-3)14(8-11)25(22,23)19-12-5-6-12/h4,7-8,10,12,19H,5-6,9H2,1-3H3,(H,17,21)(H,18,20). The molecular formula is C16H23N3O5S. The van der Waals surface area contributed by atoms with Crippen LogP contribution >= 0.6 is 0 Å². The Labute approximate surface area is 147 Å². The third-order valence-electron chi connectivity index (χ3n) is 3.47. The van der Waals surface area contributed by atoms with Crippen LogP contribution in [0.3, 0.4) is 0 Å². The van der Waals surface area contributed by atoms with Crippen LogP contribution in [0.2, 0.25) is 0 Å². The van der Waals surface area contributed by atoms with E-state index in [-0.39, 0.29) is 40.7 Å². The minimum atomic E-state index is -3.78. The average molecular weight is 369 g/mol. The number of hydrogen-bond donors (Lipinski definition) is 3. The fourth-order valence-corrected chi connectivity index (χ4v) is 3.65. The Kier molecular flexibility index (Phi) is 6.02. The van der Waals surface area contributed by atoms with Crippen LogP contribution in [0.15, 0.2) is 23.1 Å². The van der Waals surface area contributed by atoms with E-state index in [1.165, 1.54) is 25.3 Å². The summed E-state index contributed by atoms with van der Waals surface area (Å²) in [5.41, 5.74) is 0.134. The molecule has 1 aliphatic rings. The zero-order valence-corrected chi connectivity index (χ0v) is 15.3. The second-order valence-corrected chi connectivity index (χ2v) is 7.85. The highest BCUT2D eigenvalue weighted by Gasteiger charge is 2.30. The number of methoxy groups -OCH3 is 1. The van der Waals surface area contributed by atoms with Crippen molar-refractivity contribution in [2.24, 2.45) is 0 Å². The van der Waals surface area contributed by atoms with Gasteiger partial charge in [0, 0.05) is 17.6 Å². The fourth-order valence-electron chi connectivity index (χ4n) is 2.15. The van der Waals surface area contributed by atoms with Crippen molar-refractivity contribution in [3.8, 4) is 5.75 Å². The molecule has 0 spiro atoms. The van der Waals surface area contributed by atoms with Gasteiger partial charge in [0.1, 0.15) is 10.6 Å². The topological polar surface area (TPSA) is 114 Å². The lowest BCUT2D eigenvalue weighted by atomic mass is 10.2. The van der Waals surface area contributed by atoms with Crippen LogP contribution in [-0.4, -0.2) is 46.0 Å². The van der Waals surface area contributed by atoms with E-state index in [1.807, 2.05) is 13.8 Å². The number of benzene rings is 1. The lowest BCUT2D eigenvalue weighted by Crippen LogP contribution is -2.39. The lowest BCUT2D eigenvalue weighted by Gasteiger charge is -2.13. The largest absolute Gasteiger partial charge is 0.495 e. The van der Waals surface area contributed by atoms with E-state index in [2.05, 4.69) is 15.4 Å². The van der Waals surface area contributed by atoms with Crippen molar-refractivity contribution in [3.63, 3.8) is 0 Å². The molecule has 0 radical (unpaired) electrons. The molecule has 0 atom stereocenters. The van der Waals surface area contributed by atoms with Gasteiger partial charge in [0.2, 0.25) is 15.9 Å². The summed E-state index contributed by atoms with van der Waals surface area (Å²) < 4.78 is 32.5. The summed E-state index contributed by atoms with van der Waals surface area (Å²) in [6.07, 6.45) is 1.60. The van der Waals surface area contributed by atoms with E-state index in [4.69, 9.17) is 4.74 Å². The van der Waals surface area contributed by atoms with Crippen molar-refractivity contribution < 1.29 is 22.7 Å². The van der Waals surface area contributed by atoms with Gasteiger partial charge in [-0.2, -0.15) is 0 Å². The molecule has 8 nitrogen and oxygen atoms in total. The van der Waals surface area contributed by atoms with Crippen LogP contribution in [0, 0.1) is 0 Å².